The first-order valence-corrected chi connectivity index (χ1v) is 6.70. The molecular weight excluding hydrogens is 271 g/mol. The summed E-state index contributed by atoms with van der Waals surface area (Å²) in [4.78, 5) is 10.5. The lowest BCUT2D eigenvalue weighted by atomic mass is 10.3. The Hall–Kier alpha value is -2.05. The molecule has 0 aliphatic heterocycles. The number of methoxy groups -OCH3 is 1. The number of ether oxygens (including phenoxy) is 1. The molecule has 0 unspecified atom stereocenters. The van der Waals surface area contributed by atoms with Crippen molar-refractivity contribution in [3.63, 3.8) is 0 Å². The third kappa shape index (κ3) is 4.47. The van der Waals surface area contributed by atoms with Gasteiger partial charge in [-0.05, 0) is 24.3 Å². The second-order valence-corrected chi connectivity index (χ2v) is 4.60. The van der Waals surface area contributed by atoms with Gasteiger partial charge in [-0.3, -0.25) is 0 Å². The number of hydrogen-bond donors (Lipinski definition) is 1. The summed E-state index contributed by atoms with van der Waals surface area (Å²) < 4.78 is 17.9. The maximum atomic E-state index is 12.9. The molecule has 0 bridgehead atoms. The van der Waals surface area contributed by atoms with Crippen LogP contribution in [0.15, 0.2) is 36.7 Å². The molecule has 0 aliphatic carbocycles. The van der Waals surface area contributed by atoms with Crippen LogP contribution in [0.2, 0.25) is 0 Å². The van der Waals surface area contributed by atoms with Gasteiger partial charge in [-0.25, -0.2) is 14.4 Å². The third-order valence-electron chi connectivity index (χ3n) is 3.02. The van der Waals surface area contributed by atoms with Gasteiger partial charge in [-0.2, -0.15) is 0 Å². The van der Waals surface area contributed by atoms with Crippen LogP contribution in [0.5, 0.6) is 0 Å². The number of aromatic nitrogens is 2. The Kier molecular flexibility index (Phi) is 5.59. The van der Waals surface area contributed by atoms with Gasteiger partial charge in [0, 0.05) is 50.9 Å². The van der Waals surface area contributed by atoms with E-state index in [0.29, 0.717) is 19.1 Å². The lowest BCUT2D eigenvalue weighted by Crippen LogP contribution is -2.19. The van der Waals surface area contributed by atoms with Crippen molar-refractivity contribution in [2.75, 3.05) is 32.2 Å². The monoisotopic (exact) mass is 290 g/mol. The highest BCUT2D eigenvalue weighted by atomic mass is 19.1. The summed E-state index contributed by atoms with van der Waals surface area (Å²) in [6, 6.07) is 6.22. The van der Waals surface area contributed by atoms with Crippen molar-refractivity contribution in [3.8, 4) is 0 Å². The van der Waals surface area contributed by atoms with Gasteiger partial charge in [-0.1, -0.05) is 0 Å². The Labute approximate surface area is 123 Å². The molecular formula is C15H19FN4O. The van der Waals surface area contributed by atoms with Gasteiger partial charge >= 0.3 is 0 Å². The summed E-state index contributed by atoms with van der Waals surface area (Å²) in [6.07, 6.45) is 3.56. The van der Waals surface area contributed by atoms with Gasteiger partial charge in [0.1, 0.15) is 5.82 Å². The summed E-state index contributed by atoms with van der Waals surface area (Å²) in [6.45, 7) is 2.16. The van der Waals surface area contributed by atoms with Crippen LogP contribution in [-0.2, 0) is 11.3 Å². The Morgan fingerprint density at radius 3 is 2.48 bits per heavy atom. The first-order chi connectivity index (χ1) is 10.2. The minimum Gasteiger partial charge on any atom is -0.383 e. The topological polar surface area (TPSA) is 50.3 Å². The first-order valence-electron chi connectivity index (χ1n) is 6.70. The van der Waals surface area contributed by atoms with Crippen molar-refractivity contribution in [2.45, 2.75) is 6.54 Å². The zero-order chi connectivity index (χ0) is 15.1. The van der Waals surface area contributed by atoms with Crippen LogP contribution in [0.4, 0.5) is 16.0 Å². The highest BCUT2D eigenvalue weighted by Gasteiger charge is 2.07. The Balaban J connectivity index is 1.96. The van der Waals surface area contributed by atoms with E-state index in [1.165, 1.54) is 12.1 Å². The van der Waals surface area contributed by atoms with Gasteiger partial charge < -0.3 is 15.0 Å². The molecule has 6 heteroatoms. The minimum absolute atomic E-state index is 0.259. The van der Waals surface area contributed by atoms with Gasteiger partial charge in [0.05, 0.1) is 6.61 Å². The van der Waals surface area contributed by atoms with E-state index in [4.69, 9.17) is 4.74 Å². The highest BCUT2D eigenvalue weighted by Crippen LogP contribution is 2.19. The quantitative estimate of drug-likeness (QED) is 0.792. The number of nitrogens with zero attached hydrogens (tertiary/aromatic N) is 3. The molecule has 0 atom stereocenters. The largest absolute Gasteiger partial charge is 0.383 e. The second kappa shape index (κ2) is 7.66. The van der Waals surface area contributed by atoms with Crippen LogP contribution >= 0.6 is 0 Å². The van der Waals surface area contributed by atoms with Crippen molar-refractivity contribution in [1.82, 2.24) is 15.3 Å². The second-order valence-electron chi connectivity index (χ2n) is 4.60. The van der Waals surface area contributed by atoms with Gasteiger partial charge in [0.2, 0.25) is 5.95 Å². The van der Waals surface area contributed by atoms with E-state index in [1.807, 2.05) is 11.9 Å². The van der Waals surface area contributed by atoms with E-state index in [2.05, 4.69) is 15.3 Å². The molecule has 1 N–H and O–H groups in total. The Morgan fingerprint density at radius 2 is 1.86 bits per heavy atom. The molecule has 0 amide bonds. The molecule has 0 saturated carbocycles. The van der Waals surface area contributed by atoms with E-state index in [0.717, 1.165) is 17.8 Å². The van der Waals surface area contributed by atoms with Crippen LogP contribution in [0.1, 0.15) is 5.56 Å². The molecule has 112 valence electrons. The van der Waals surface area contributed by atoms with Crippen LogP contribution < -0.4 is 10.2 Å². The molecule has 1 aromatic heterocycles. The maximum absolute atomic E-state index is 12.9. The number of rotatable bonds is 7. The van der Waals surface area contributed by atoms with E-state index in [9.17, 15) is 4.39 Å². The molecule has 5 nitrogen and oxygen atoms in total. The SMILES string of the molecule is COCCNCc1cnc(N(C)c2ccc(F)cc2)nc1. The lowest BCUT2D eigenvalue weighted by Gasteiger charge is -2.17. The average molecular weight is 290 g/mol. The number of benzene rings is 1. The van der Waals surface area contributed by atoms with Crippen molar-refractivity contribution >= 4 is 11.6 Å². The molecule has 0 spiro atoms. The average Bonchev–Trinajstić information content (AvgIpc) is 2.52. The minimum atomic E-state index is -0.259. The fraction of sp³-hybridized carbons (Fsp3) is 0.333. The fourth-order valence-electron chi connectivity index (χ4n) is 1.80. The first kappa shape index (κ1) is 15.3. The fourth-order valence-corrected chi connectivity index (χ4v) is 1.80. The zero-order valence-electron chi connectivity index (χ0n) is 12.2. The number of hydrogen-bond acceptors (Lipinski definition) is 5. The Bertz CT molecular complexity index is 545. The summed E-state index contributed by atoms with van der Waals surface area (Å²) in [5.41, 5.74) is 1.84. The predicted octanol–water partition coefficient (Wildman–Crippen LogP) is 2.12. The van der Waals surface area contributed by atoms with Crippen LogP contribution in [0.25, 0.3) is 0 Å². The lowest BCUT2D eigenvalue weighted by molar-refractivity contribution is 0.199. The molecule has 0 aliphatic rings. The van der Waals surface area contributed by atoms with Crippen LogP contribution in [0.3, 0.4) is 0 Å². The normalized spacial score (nSPS) is 10.6. The van der Waals surface area contributed by atoms with Crippen LogP contribution in [0, 0.1) is 5.82 Å². The van der Waals surface area contributed by atoms with Crippen LogP contribution in [-0.4, -0.2) is 37.3 Å². The smallest absolute Gasteiger partial charge is 0.229 e. The molecule has 2 aromatic rings. The number of nitrogens with one attached hydrogen (secondary N) is 1. The highest BCUT2D eigenvalue weighted by molar-refractivity contribution is 5.55. The molecule has 0 radical (unpaired) electrons. The molecule has 1 aromatic carbocycles. The van der Waals surface area contributed by atoms with Crippen molar-refractivity contribution in [1.29, 1.82) is 0 Å². The summed E-state index contributed by atoms with van der Waals surface area (Å²) in [5, 5.41) is 3.23. The number of anilines is 2. The summed E-state index contributed by atoms with van der Waals surface area (Å²) in [7, 11) is 3.52. The van der Waals surface area contributed by atoms with Gasteiger partial charge in [0.25, 0.3) is 0 Å². The van der Waals surface area contributed by atoms with E-state index < -0.39 is 0 Å². The van der Waals surface area contributed by atoms with E-state index in [-0.39, 0.29) is 5.82 Å². The summed E-state index contributed by atoms with van der Waals surface area (Å²) >= 11 is 0. The Morgan fingerprint density at radius 1 is 1.19 bits per heavy atom. The molecule has 1 heterocycles. The molecule has 21 heavy (non-hydrogen) atoms. The molecule has 2 rings (SSSR count). The van der Waals surface area contributed by atoms with Gasteiger partial charge in [0.15, 0.2) is 0 Å². The number of halogens is 1. The van der Waals surface area contributed by atoms with Gasteiger partial charge in [-0.15, -0.1) is 0 Å². The molecule has 0 fully saturated rings. The van der Waals surface area contributed by atoms with Crippen molar-refractivity contribution in [3.05, 3.63) is 48.0 Å². The zero-order valence-corrected chi connectivity index (χ0v) is 12.2. The molecule has 0 saturated heterocycles. The van der Waals surface area contributed by atoms with Crippen molar-refractivity contribution < 1.29 is 9.13 Å². The maximum Gasteiger partial charge on any atom is 0.229 e. The van der Waals surface area contributed by atoms with Crippen molar-refractivity contribution in [2.24, 2.45) is 0 Å². The summed E-state index contributed by atoms with van der Waals surface area (Å²) in [5.74, 6) is 0.313. The third-order valence-corrected chi connectivity index (χ3v) is 3.02. The van der Waals surface area contributed by atoms with E-state index >= 15 is 0 Å². The van der Waals surface area contributed by atoms with E-state index in [1.54, 1.807) is 31.6 Å². The standard InChI is InChI=1S/C15H19FN4O/c1-20(14-5-3-13(16)4-6-14)15-18-10-12(11-19-15)9-17-7-8-21-2/h3-6,10-11,17H,7-9H2,1-2H3. The predicted molar refractivity (Wildman–Crippen MR) is 80.1 cm³/mol.